The van der Waals surface area contributed by atoms with Crippen molar-refractivity contribution < 1.29 is 19.4 Å². The molecule has 0 amide bonds. The Morgan fingerprint density at radius 3 is 2.45 bits per heavy atom. The van der Waals surface area contributed by atoms with Gasteiger partial charge in [-0.15, -0.1) is 0 Å². The van der Waals surface area contributed by atoms with Crippen molar-refractivity contribution in [2.45, 2.75) is 6.92 Å². The molecule has 0 aromatic carbocycles. The van der Waals surface area contributed by atoms with Crippen LogP contribution >= 0.6 is 0 Å². The lowest BCUT2D eigenvalue weighted by Crippen LogP contribution is -2.10. The standard InChI is InChI=1S/C7H8O4/c1-5(7(10)11-2)3-4-6(8)9/h5H,1-2H3,(H,8,9). The van der Waals surface area contributed by atoms with E-state index in [1.165, 1.54) is 14.0 Å². The molecule has 0 radical (unpaired) electrons. The summed E-state index contributed by atoms with van der Waals surface area (Å²) in [6.07, 6.45) is 0. The van der Waals surface area contributed by atoms with Crippen molar-refractivity contribution in [3.05, 3.63) is 0 Å². The second-order valence-electron chi connectivity index (χ2n) is 1.82. The molecule has 0 aliphatic rings. The summed E-state index contributed by atoms with van der Waals surface area (Å²) in [5.41, 5.74) is 0. The van der Waals surface area contributed by atoms with Crippen LogP contribution in [0.15, 0.2) is 0 Å². The number of hydrogen-bond donors (Lipinski definition) is 1. The van der Waals surface area contributed by atoms with Crippen LogP contribution in [0.5, 0.6) is 0 Å². The molecule has 60 valence electrons. The molecule has 0 spiro atoms. The van der Waals surface area contributed by atoms with Gasteiger partial charge in [0.2, 0.25) is 0 Å². The SMILES string of the molecule is COC(=O)C(C)C#CC(=O)O. The maximum Gasteiger partial charge on any atom is 0.381 e. The molecule has 0 aliphatic carbocycles. The summed E-state index contributed by atoms with van der Waals surface area (Å²) in [6, 6.07) is 0. The Morgan fingerprint density at radius 2 is 2.09 bits per heavy atom. The first-order valence-corrected chi connectivity index (χ1v) is 2.90. The van der Waals surface area contributed by atoms with Crippen LogP contribution < -0.4 is 0 Å². The number of hydrogen-bond acceptors (Lipinski definition) is 3. The minimum Gasteiger partial charge on any atom is -0.472 e. The average Bonchev–Trinajstić information content (AvgIpc) is 1.98. The van der Waals surface area contributed by atoms with Gasteiger partial charge in [-0.2, -0.15) is 0 Å². The molecule has 0 aromatic heterocycles. The number of ether oxygens (including phenoxy) is 1. The highest BCUT2D eigenvalue weighted by Crippen LogP contribution is 1.93. The van der Waals surface area contributed by atoms with E-state index in [0.717, 1.165) is 0 Å². The number of carbonyl (C=O) groups is 2. The van der Waals surface area contributed by atoms with Crippen LogP contribution in [0.4, 0.5) is 0 Å². The van der Waals surface area contributed by atoms with E-state index >= 15 is 0 Å². The fourth-order valence-electron chi connectivity index (χ4n) is 0.406. The average molecular weight is 156 g/mol. The van der Waals surface area contributed by atoms with Gasteiger partial charge in [0.15, 0.2) is 0 Å². The lowest BCUT2D eigenvalue weighted by Gasteiger charge is -1.98. The zero-order valence-corrected chi connectivity index (χ0v) is 6.25. The molecular weight excluding hydrogens is 148 g/mol. The molecule has 0 saturated heterocycles. The van der Waals surface area contributed by atoms with E-state index in [1.807, 2.05) is 5.92 Å². The summed E-state index contributed by atoms with van der Waals surface area (Å²) < 4.78 is 4.31. The van der Waals surface area contributed by atoms with E-state index in [2.05, 4.69) is 10.7 Å². The third-order valence-corrected chi connectivity index (χ3v) is 0.950. The first-order valence-electron chi connectivity index (χ1n) is 2.90. The van der Waals surface area contributed by atoms with Crippen molar-refractivity contribution in [1.82, 2.24) is 0 Å². The number of methoxy groups -OCH3 is 1. The van der Waals surface area contributed by atoms with E-state index in [-0.39, 0.29) is 0 Å². The Bertz CT molecular complexity index is 220. The normalized spacial score (nSPS) is 10.7. The van der Waals surface area contributed by atoms with Crippen LogP contribution in [0.25, 0.3) is 0 Å². The van der Waals surface area contributed by atoms with Crippen molar-refractivity contribution in [3.8, 4) is 11.8 Å². The number of carbonyl (C=O) groups excluding carboxylic acids is 1. The summed E-state index contributed by atoms with van der Waals surface area (Å²) in [5.74, 6) is 1.57. The zero-order chi connectivity index (χ0) is 8.85. The van der Waals surface area contributed by atoms with Crippen molar-refractivity contribution in [1.29, 1.82) is 0 Å². The predicted octanol–water partition coefficient (Wildman–Crippen LogP) is -0.117. The molecule has 1 unspecified atom stereocenters. The first kappa shape index (κ1) is 9.50. The molecule has 0 rings (SSSR count). The highest BCUT2D eigenvalue weighted by molar-refractivity contribution is 5.88. The number of esters is 1. The summed E-state index contributed by atoms with van der Waals surface area (Å²) in [4.78, 5) is 20.5. The molecule has 0 saturated carbocycles. The van der Waals surface area contributed by atoms with E-state index in [9.17, 15) is 9.59 Å². The van der Waals surface area contributed by atoms with E-state index in [4.69, 9.17) is 5.11 Å². The lowest BCUT2D eigenvalue weighted by atomic mass is 10.2. The van der Waals surface area contributed by atoms with Crippen LogP contribution in [0, 0.1) is 17.8 Å². The van der Waals surface area contributed by atoms with Crippen LogP contribution in [0.3, 0.4) is 0 Å². The Hall–Kier alpha value is -1.50. The molecule has 11 heavy (non-hydrogen) atoms. The second-order valence-corrected chi connectivity index (χ2v) is 1.82. The van der Waals surface area contributed by atoms with Crippen molar-refractivity contribution >= 4 is 11.9 Å². The molecule has 4 heteroatoms. The topological polar surface area (TPSA) is 63.6 Å². The number of aliphatic carboxylic acids is 1. The molecular formula is C7H8O4. The fraction of sp³-hybridized carbons (Fsp3) is 0.429. The van der Waals surface area contributed by atoms with Crippen LogP contribution in [0.2, 0.25) is 0 Å². The largest absolute Gasteiger partial charge is 0.472 e. The van der Waals surface area contributed by atoms with Gasteiger partial charge < -0.3 is 9.84 Å². The van der Waals surface area contributed by atoms with Crippen LogP contribution in [-0.2, 0) is 14.3 Å². The third-order valence-electron chi connectivity index (χ3n) is 0.950. The highest BCUT2D eigenvalue weighted by Gasteiger charge is 2.08. The molecule has 0 aromatic rings. The third kappa shape index (κ3) is 3.98. The fourth-order valence-corrected chi connectivity index (χ4v) is 0.406. The highest BCUT2D eigenvalue weighted by atomic mass is 16.5. The predicted molar refractivity (Wildman–Crippen MR) is 36.6 cm³/mol. The van der Waals surface area contributed by atoms with Gasteiger partial charge in [0, 0.05) is 5.92 Å². The van der Waals surface area contributed by atoms with Crippen LogP contribution in [-0.4, -0.2) is 24.2 Å². The monoisotopic (exact) mass is 156 g/mol. The Labute approximate surface area is 64.2 Å². The number of rotatable bonds is 1. The minimum absolute atomic E-state index is 0.529. The quantitative estimate of drug-likeness (QED) is 0.424. The van der Waals surface area contributed by atoms with Gasteiger partial charge in [0.25, 0.3) is 0 Å². The van der Waals surface area contributed by atoms with Gasteiger partial charge in [-0.05, 0) is 6.92 Å². The van der Waals surface area contributed by atoms with Gasteiger partial charge in [-0.3, -0.25) is 4.79 Å². The number of carboxylic acid groups (broad SMARTS) is 1. The van der Waals surface area contributed by atoms with Gasteiger partial charge in [-0.1, -0.05) is 5.92 Å². The van der Waals surface area contributed by atoms with E-state index in [1.54, 1.807) is 0 Å². The van der Waals surface area contributed by atoms with Crippen molar-refractivity contribution in [2.24, 2.45) is 5.92 Å². The second kappa shape index (κ2) is 4.34. The number of carboxylic acids is 1. The zero-order valence-electron chi connectivity index (χ0n) is 6.25. The maximum atomic E-state index is 10.6. The van der Waals surface area contributed by atoms with E-state index in [0.29, 0.717) is 0 Å². The van der Waals surface area contributed by atoms with Gasteiger partial charge in [0.1, 0.15) is 5.92 Å². The smallest absolute Gasteiger partial charge is 0.381 e. The van der Waals surface area contributed by atoms with Gasteiger partial charge >= 0.3 is 11.9 Å². The van der Waals surface area contributed by atoms with Crippen LogP contribution in [0.1, 0.15) is 6.92 Å². The molecule has 4 nitrogen and oxygen atoms in total. The summed E-state index contributed by atoms with van der Waals surface area (Å²) >= 11 is 0. The summed E-state index contributed by atoms with van der Waals surface area (Å²) in [7, 11) is 1.22. The lowest BCUT2D eigenvalue weighted by molar-refractivity contribution is -0.142. The minimum atomic E-state index is -1.25. The first-order chi connectivity index (χ1) is 5.07. The Kier molecular flexibility index (Phi) is 3.75. The van der Waals surface area contributed by atoms with Gasteiger partial charge in [0.05, 0.1) is 7.11 Å². The van der Waals surface area contributed by atoms with Crippen molar-refractivity contribution in [3.63, 3.8) is 0 Å². The summed E-state index contributed by atoms with van der Waals surface area (Å²) in [5, 5.41) is 8.09. The molecule has 1 N–H and O–H groups in total. The van der Waals surface area contributed by atoms with Crippen molar-refractivity contribution in [2.75, 3.05) is 7.11 Å². The summed E-state index contributed by atoms with van der Waals surface area (Å²) in [6.45, 7) is 1.47. The maximum absolute atomic E-state index is 10.6. The molecule has 0 aliphatic heterocycles. The van der Waals surface area contributed by atoms with Gasteiger partial charge in [-0.25, -0.2) is 4.79 Å². The molecule has 0 bridgehead atoms. The Balaban J connectivity index is 4.09. The molecule has 0 fully saturated rings. The van der Waals surface area contributed by atoms with E-state index < -0.39 is 17.9 Å². The Morgan fingerprint density at radius 1 is 1.55 bits per heavy atom. The molecule has 1 atom stereocenters. The molecule has 0 heterocycles.